The molecule has 0 fully saturated rings. The standard InChI is InChI=1S/C11H20N2O2/c1-3-5-6-8(4-2)10(13)9(7-12)11(14)15/h8-10H,3-6,13H2,1-2H3,(H,14,15). The SMILES string of the molecule is CCCCC(CC)C(N)C(C#N)C(=O)O. The lowest BCUT2D eigenvalue weighted by atomic mass is 9.84. The summed E-state index contributed by atoms with van der Waals surface area (Å²) >= 11 is 0. The maximum absolute atomic E-state index is 10.8. The number of nitriles is 1. The number of hydrogen-bond acceptors (Lipinski definition) is 3. The van der Waals surface area contributed by atoms with E-state index < -0.39 is 17.9 Å². The lowest BCUT2D eigenvalue weighted by Crippen LogP contribution is -2.40. The van der Waals surface area contributed by atoms with E-state index in [0.717, 1.165) is 25.7 Å². The molecule has 0 aliphatic carbocycles. The molecular weight excluding hydrogens is 192 g/mol. The molecule has 0 bridgehead atoms. The van der Waals surface area contributed by atoms with Gasteiger partial charge < -0.3 is 10.8 Å². The highest BCUT2D eigenvalue weighted by atomic mass is 16.4. The summed E-state index contributed by atoms with van der Waals surface area (Å²) in [6.07, 6.45) is 3.82. The zero-order valence-electron chi connectivity index (χ0n) is 9.44. The van der Waals surface area contributed by atoms with E-state index in [1.54, 1.807) is 6.07 Å². The minimum absolute atomic E-state index is 0.130. The molecule has 0 radical (unpaired) electrons. The van der Waals surface area contributed by atoms with E-state index in [2.05, 4.69) is 6.92 Å². The second-order valence-corrected chi connectivity index (χ2v) is 3.83. The zero-order chi connectivity index (χ0) is 11.8. The van der Waals surface area contributed by atoms with Crippen LogP contribution in [0.25, 0.3) is 0 Å². The predicted molar refractivity (Wildman–Crippen MR) is 58.0 cm³/mol. The third-order valence-electron chi connectivity index (χ3n) is 2.79. The van der Waals surface area contributed by atoms with Crippen molar-refractivity contribution in [2.45, 2.75) is 45.6 Å². The number of rotatable bonds is 7. The normalized spacial score (nSPS) is 16.4. The predicted octanol–water partition coefficient (Wildman–Crippen LogP) is 1.75. The molecule has 0 aromatic rings. The van der Waals surface area contributed by atoms with Crippen molar-refractivity contribution >= 4 is 5.97 Å². The number of carboxylic acid groups (broad SMARTS) is 1. The maximum atomic E-state index is 10.8. The third kappa shape index (κ3) is 4.30. The van der Waals surface area contributed by atoms with E-state index in [-0.39, 0.29) is 5.92 Å². The van der Waals surface area contributed by atoms with Crippen LogP contribution in [-0.4, -0.2) is 17.1 Å². The molecule has 0 aromatic carbocycles. The number of unbranched alkanes of at least 4 members (excludes halogenated alkanes) is 1. The van der Waals surface area contributed by atoms with Gasteiger partial charge in [0.15, 0.2) is 5.92 Å². The molecule has 0 amide bonds. The van der Waals surface area contributed by atoms with Gasteiger partial charge in [-0.1, -0.05) is 33.1 Å². The Morgan fingerprint density at radius 1 is 1.53 bits per heavy atom. The molecule has 0 rings (SSSR count). The van der Waals surface area contributed by atoms with Crippen molar-refractivity contribution < 1.29 is 9.90 Å². The van der Waals surface area contributed by atoms with Gasteiger partial charge in [-0.05, 0) is 12.3 Å². The van der Waals surface area contributed by atoms with Crippen molar-refractivity contribution in [2.24, 2.45) is 17.6 Å². The molecule has 0 heterocycles. The van der Waals surface area contributed by atoms with Crippen LogP contribution >= 0.6 is 0 Å². The molecular formula is C11H20N2O2. The van der Waals surface area contributed by atoms with Gasteiger partial charge in [0, 0.05) is 6.04 Å². The number of nitrogens with zero attached hydrogens (tertiary/aromatic N) is 1. The second kappa shape index (κ2) is 7.24. The van der Waals surface area contributed by atoms with E-state index >= 15 is 0 Å². The summed E-state index contributed by atoms with van der Waals surface area (Å²) in [7, 11) is 0. The van der Waals surface area contributed by atoms with Crippen molar-refractivity contribution in [2.75, 3.05) is 0 Å². The first-order chi connectivity index (χ1) is 7.08. The Balaban J connectivity index is 4.41. The Morgan fingerprint density at radius 2 is 2.13 bits per heavy atom. The number of carboxylic acids is 1. The Bertz CT molecular complexity index is 235. The van der Waals surface area contributed by atoms with Gasteiger partial charge in [0.25, 0.3) is 0 Å². The lowest BCUT2D eigenvalue weighted by molar-refractivity contribution is -0.140. The molecule has 4 nitrogen and oxygen atoms in total. The highest BCUT2D eigenvalue weighted by Gasteiger charge is 2.30. The fourth-order valence-corrected chi connectivity index (χ4v) is 1.71. The number of nitrogens with two attached hydrogens (primary N) is 1. The largest absolute Gasteiger partial charge is 0.480 e. The monoisotopic (exact) mass is 212 g/mol. The topological polar surface area (TPSA) is 87.1 Å². The Labute approximate surface area is 91.1 Å². The van der Waals surface area contributed by atoms with Gasteiger partial charge >= 0.3 is 5.97 Å². The van der Waals surface area contributed by atoms with Gasteiger partial charge in [0.1, 0.15) is 0 Å². The Morgan fingerprint density at radius 3 is 2.47 bits per heavy atom. The summed E-state index contributed by atoms with van der Waals surface area (Å²) < 4.78 is 0. The third-order valence-corrected chi connectivity index (χ3v) is 2.79. The quantitative estimate of drug-likeness (QED) is 0.673. The summed E-state index contributed by atoms with van der Waals surface area (Å²) in [5, 5.41) is 17.5. The van der Waals surface area contributed by atoms with Crippen LogP contribution in [0, 0.1) is 23.2 Å². The van der Waals surface area contributed by atoms with Gasteiger partial charge in [-0.3, -0.25) is 4.79 Å². The van der Waals surface area contributed by atoms with Crippen molar-refractivity contribution in [1.82, 2.24) is 0 Å². The molecule has 0 spiro atoms. The van der Waals surface area contributed by atoms with Crippen LogP contribution in [0.4, 0.5) is 0 Å². The molecule has 0 aliphatic heterocycles. The van der Waals surface area contributed by atoms with Gasteiger partial charge in [-0.15, -0.1) is 0 Å². The first-order valence-electron chi connectivity index (χ1n) is 5.46. The number of carbonyl (C=O) groups is 1. The van der Waals surface area contributed by atoms with Crippen LogP contribution in [0.5, 0.6) is 0 Å². The van der Waals surface area contributed by atoms with Gasteiger partial charge in [0.05, 0.1) is 6.07 Å². The van der Waals surface area contributed by atoms with Crippen LogP contribution < -0.4 is 5.73 Å². The highest BCUT2D eigenvalue weighted by Crippen LogP contribution is 2.20. The summed E-state index contributed by atoms with van der Waals surface area (Å²) in [4.78, 5) is 10.8. The van der Waals surface area contributed by atoms with E-state index in [4.69, 9.17) is 16.1 Å². The van der Waals surface area contributed by atoms with E-state index in [1.165, 1.54) is 0 Å². The van der Waals surface area contributed by atoms with Crippen LogP contribution in [0.1, 0.15) is 39.5 Å². The van der Waals surface area contributed by atoms with Gasteiger partial charge in [-0.2, -0.15) is 5.26 Å². The van der Waals surface area contributed by atoms with Gasteiger partial charge in [-0.25, -0.2) is 0 Å². The molecule has 0 saturated carbocycles. The Hall–Kier alpha value is -1.08. The van der Waals surface area contributed by atoms with Crippen LogP contribution in [0.15, 0.2) is 0 Å². The molecule has 3 atom stereocenters. The average Bonchev–Trinajstić information content (AvgIpc) is 2.19. The minimum atomic E-state index is -1.11. The van der Waals surface area contributed by atoms with Crippen LogP contribution in [-0.2, 0) is 4.79 Å². The van der Waals surface area contributed by atoms with Crippen LogP contribution in [0.2, 0.25) is 0 Å². The van der Waals surface area contributed by atoms with Crippen molar-refractivity contribution in [3.8, 4) is 6.07 Å². The molecule has 0 aromatic heterocycles. The van der Waals surface area contributed by atoms with Crippen molar-refractivity contribution in [3.05, 3.63) is 0 Å². The van der Waals surface area contributed by atoms with E-state index in [1.807, 2.05) is 6.92 Å². The van der Waals surface area contributed by atoms with Gasteiger partial charge in [0.2, 0.25) is 0 Å². The molecule has 15 heavy (non-hydrogen) atoms. The molecule has 4 heteroatoms. The number of aliphatic carboxylic acids is 1. The van der Waals surface area contributed by atoms with Crippen molar-refractivity contribution in [3.63, 3.8) is 0 Å². The number of hydrogen-bond donors (Lipinski definition) is 2. The van der Waals surface area contributed by atoms with Crippen molar-refractivity contribution in [1.29, 1.82) is 5.26 Å². The summed E-state index contributed by atoms with van der Waals surface area (Å²) in [6.45, 7) is 4.06. The van der Waals surface area contributed by atoms with Crippen LogP contribution in [0.3, 0.4) is 0 Å². The molecule has 3 N–H and O–H groups in total. The van der Waals surface area contributed by atoms with E-state index in [9.17, 15) is 4.79 Å². The first-order valence-corrected chi connectivity index (χ1v) is 5.46. The first kappa shape index (κ1) is 13.9. The molecule has 3 unspecified atom stereocenters. The molecule has 0 aliphatic rings. The minimum Gasteiger partial charge on any atom is -0.480 e. The fourth-order valence-electron chi connectivity index (χ4n) is 1.71. The summed E-state index contributed by atoms with van der Waals surface area (Å²) in [5.41, 5.74) is 5.82. The summed E-state index contributed by atoms with van der Waals surface area (Å²) in [5.74, 6) is -2.06. The average molecular weight is 212 g/mol. The fraction of sp³-hybridized carbons (Fsp3) is 0.818. The maximum Gasteiger partial charge on any atom is 0.322 e. The smallest absolute Gasteiger partial charge is 0.322 e. The Kier molecular flexibility index (Phi) is 6.72. The zero-order valence-corrected chi connectivity index (χ0v) is 9.44. The van der Waals surface area contributed by atoms with E-state index in [0.29, 0.717) is 0 Å². The lowest BCUT2D eigenvalue weighted by Gasteiger charge is -2.24. The molecule has 0 saturated heterocycles. The summed E-state index contributed by atoms with van der Waals surface area (Å²) in [6, 6.07) is 1.22. The second-order valence-electron chi connectivity index (χ2n) is 3.83. The highest BCUT2D eigenvalue weighted by molar-refractivity contribution is 5.73. The molecule has 86 valence electrons.